The highest BCUT2D eigenvalue weighted by atomic mass is 79.9. The van der Waals surface area contributed by atoms with Gasteiger partial charge >= 0.3 is 5.97 Å². The lowest BCUT2D eigenvalue weighted by Gasteiger charge is -2.24. The van der Waals surface area contributed by atoms with E-state index in [1.165, 1.54) is 18.4 Å². The van der Waals surface area contributed by atoms with Crippen molar-refractivity contribution in [3.8, 4) is 0 Å². The van der Waals surface area contributed by atoms with Crippen LogP contribution in [0.2, 0.25) is 0 Å². The Morgan fingerprint density at radius 2 is 2.04 bits per heavy atom. The fourth-order valence-corrected chi connectivity index (χ4v) is 3.68. The third-order valence-corrected chi connectivity index (χ3v) is 4.84. The molecular weight excluding hydrogens is 382 g/mol. The third kappa shape index (κ3) is 6.24. The van der Waals surface area contributed by atoms with Crippen molar-refractivity contribution in [2.45, 2.75) is 46.1 Å². The molecule has 0 spiro atoms. The van der Waals surface area contributed by atoms with Gasteiger partial charge in [-0.1, -0.05) is 13.8 Å². The first kappa shape index (κ1) is 20.1. The molecule has 1 unspecified atom stereocenters. The maximum atomic E-state index is 12.6. The largest absolute Gasteiger partial charge is 0.465 e. The minimum Gasteiger partial charge on any atom is -0.465 e. The number of hydrogen-bond acceptors (Lipinski definition) is 5. The van der Waals surface area contributed by atoms with Gasteiger partial charge in [-0.2, -0.15) is 0 Å². The number of amides is 1. The van der Waals surface area contributed by atoms with Crippen LogP contribution in [0.15, 0.2) is 9.85 Å². The van der Waals surface area contributed by atoms with Gasteiger partial charge in [-0.15, -0.1) is 11.3 Å². The zero-order valence-electron chi connectivity index (χ0n) is 14.0. The zero-order valence-corrected chi connectivity index (χ0v) is 16.4. The predicted molar refractivity (Wildman–Crippen MR) is 96.1 cm³/mol. The molecule has 0 fully saturated rings. The summed E-state index contributed by atoms with van der Waals surface area (Å²) < 4.78 is 5.59. The summed E-state index contributed by atoms with van der Waals surface area (Å²) in [6.07, 6.45) is 1.26. The maximum Gasteiger partial charge on any atom is 0.350 e. The van der Waals surface area contributed by atoms with E-state index < -0.39 is 12.1 Å². The van der Waals surface area contributed by atoms with E-state index in [-0.39, 0.29) is 11.8 Å². The van der Waals surface area contributed by atoms with Gasteiger partial charge in [0.05, 0.1) is 22.7 Å². The minimum atomic E-state index is -0.450. The number of anilines is 1. The van der Waals surface area contributed by atoms with E-state index in [0.717, 1.165) is 3.79 Å². The van der Waals surface area contributed by atoms with E-state index in [1.54, 1.807) is 17.9 Å². The van der Waals surface area contributed by atoms with Gasteiger partial charge in [-0.25, -0.2) is 4.79 Å². The number of ether oxygens (including phenoxy) is 1. The van der Waals surface area contributed by atoms with Gasteiger partial charge in [0.25, 0.3) is 0 Å². The highest BCUT2D eigenvalue weighted by Gasteiger charge is 2.25. The highest BCUT2D eigenvalue weighted by molar-refractivity contribution is 9.11. The van der Waals surface area contributed by atoms with Gasteiger partial charge in [0, 0.05) is 13.0 Å². The summed E-state index contributed by atoms with van der Waals surface area (Å²) in [6, 6.07) is 1.78. The first-order chi connectivity index (χ1) is 10.8. The Bertz CT molecular complexity index is 542. The summed E-state index contributed by atoms with van der Waals surface area (Å²) in [4.78, 5) is 26.6. The van der Waals surface area contributed by atoms with Crippen molar-refractivity contribution in [3.05, 3.63) is 14.7 Å². The predicted octanol–water partition coefficient (Wildman–Crippen LogP) is 3.84. The Labute approximate surface area is 149 Å². The number of halogens is 1. The maximum absolute atomic E-state index is 12.6. The summed E-state index contributed by atoms with van der Waals surface area (Å²) in [6.45, 7) is 6.15. The number of aliphatic hydroxyl groups is 1. The first-order valence-electron chi connectivity index (χ1n) is 7.62. The number of rotatable bonds is 8. The van der Waals surface area contributed by atoms with E-state index in [2.05, 4.69) is 15.9 Å². The second-order valence-corrected chi connectivity index (χ2v) is 8.32. The molecule has 0 aliphatic heterocycles. The van der Waals surface area contributed by atoms with Gasteiger partial charge in [0.15, 0.2) is 0 Å². The van der Waals surface area contributed by atoms with Gasteiger partial charge < -0.3 is 14.7 Å². The third-order valence-electron chi connectivity index (χ3n) is 3.23. The van der Waals surface area contributed by atoms with Crippen molar-refractivity contribution < 1.29 is 19.4 Å². The summed E-state index contributed by atoms with van der Waals surface area (Å²) >= 11 is 4.62. The number of thiophene rings is 1. The van der Waals surface area contributed by atoms with Crippen LogP contribution in [0.4, 0.5) is 5.69 Å². The molecule has 0 aromatic carbocycles. The van der Waals surface area contributed by atoms with Crippen molar-refractivity contribution in [1.82, 2.24) is 0 Å². The minimum absolute atomic E-state index is 0.0268. The second-order valence-electron chi connectivity index (χ2n) is 5.89. The van der Waals surface area contributed by atoms with Crippen LogP contribution in [0.1, 0.15) is 49.7 Å². The van der Waals surface area contributed by atoms with Crippen LogP contribution in [-0.2, 0) is 9.53 Å². The average Bonchev–Trinajstić information content (AvgIpc) is 2.83. The molecule has 130 valence electrons. The molecule has 7 heteroatoms. The molecule has 5 nitrogen and oxygen atoms in total. The molecule has 1 aromatic rings. The van der Waals surface area contributed by atoms with E-state index in [9.17, 15) is 14.7 Å². The van der Waals surface area contributed by atoms with Crippen molar-refractivity contribution >= 4 is 44.8 Å². The first-order valence-corrected chi connectivity index (χ1v) is 9.23. The van der Waals surface area contributed by atoms with Gasteiger partial charge in [0.1, 0.15) is 4.88 Å². The van der Waals surface area contributed by atoms with Crippen LogP contribution in [0.5, 0.6) is 0 Å². The van der Waals surface area contributed by atoms with Crippen molar-refractivity contribution in [3.63, 3.8) is 0 Å². The van der Waals surface area contributed by atoms with E-state index in [0.29, 0.717) is 36.4 Å². The second kappa shape index (κ2) is 9.39. The average molecular weight is 406 g/mol. The zero-order chi connectivity index (χ0) is 17.6. The topological polar surface area (TPSA) is 66.8 Å². The van der Waals surface area contributed by atoms with Gasteiger partial charge in [0.2, 0.25) is 5.91 Å². The lowest BCUT2D eigenvalue weighted by Crippen LogP contribution is -2.33. The summed E-state index contributed by atoms with van der Waals surface area (Å²) in [5, 5.41) is 9.42. The van der Waals surface area contributed by atoms with Crippen molar-refractivity contribution in [2.75, 3.05) is 18.6 Å². The van der Waals surface area contributed by atoms with E-state index in [4.69, 9.17) is 4.74 Å². The van der Waals surface area contributed by atoms with Crippen molar-refractivity contribution in [1.29, 1.82) is 0 Å². The Balaban J connectivity index is 3.07. The van der Waals surface area contributed by atoms with E-state index in [1.807, 2.05) is 13.8 Å². The molecule has 0 radical (unpaired) electrons. The Hall–Kier alpha value is -0.920. The van der Waals surface area contributed by atoms with Crippen LogP contribution in [0.25, 0.3) is 0 Å². The van der Waals surface area contributed by atoms with Crippen LogP contribution in [0, 0.1) is 5.92 Å². The summed E-state index contributed by atoms with van der Waals surface area (Å²) in [5.41, 5.74) is 0.574. The van der Waals surface area contributed by atoms with Crippen LogP contribution in [-0.4, -0.2) is 36.7 Å². The standard InChI is InChI=1S/C16H24BrNO4S/c1-10(2)8-14(20)18(7-5-6-11(3)19)12-9-13(17)23-15(12)16(21)22-4/h9-11,19H,5-8H2,1-4H3. The molecule has 1 aromatic heterocycles. The summed E-state index contributed by atoms with van der Waals surface area (Å²) in [5.74, 6) is -0.250. The number of carbonyl (C=O) groups is 2. The molecule has 0 saturated carbocycles. The highest BCUT2D eigenvalue weighted by Crippen LogP contribution is 2.35. The fourth-order valence-electron chi connectivity index (χ4n) is 2.18. The molecule has 0 bridgehead atoms. The van der Waals surface area contributed by atoms with E-state index >= 15 is 0 Å². The molecule has 1 atom stereocenters. The van der Waals surface area contributed by atoms with Crippen LogP contribution < -0.4 is 4.90 Å². The number of methoxy groups -OCH3 is 1. The molecular formula is C16H24BrNO4S. The Kier molecular flexibility index (Phi) is 8.22. The number of aliphatic hydroxyl groups excluding tert-OH is 1. The molecule has 0 aliphatic carbocycles. The SMILES string of the molecule is COC(=O)c1sc(Br)cc1N(CCCC(C)O)C(=O)CC(C)C. The lowest BCUT2D eigenvalue weighted by molar-refractivity contribution is -0.119. The Morgan fingerprint density at radius 3 is 2.57 bits per heavy atom. The number of nitrogens with zero attached hydrogens (tertiary/aromatic N) is 1. The summed E-state index contributed by atoms with van der Waals surface area (Å²) in [7, 11) is 1.33. The number of carbonyl (C=O) groups excluding carboxylic acids is 2. The molecule has 1 N–H and O–H groups in total. The van der Waals surface area contributed by atoms with Crippen molar-refractivity contribution in [2.24, 2.45) is 5.92 Å². The molecule has 1 heterocycles. The van der Waals surface area contributed by atoms with Crippen LogP contribution in [0.3, 0.4) is 0 Å². The Morgan fingerprint density at radius 1 is 1.39 bits per heavy atom. The lowest BCUT2D eigenvalue weighted by atomic mass is 10.1. The smallest absolute Gasteiger partial charge is 0.350 e. The van der Waals surface area contributed by atoms with Gasteiger partial charge in [-0.3, -0.25) is 4.79 Å². The molecule has 1 amide bonds. The molecule has 0 saturated heterocycles. The fraction of sp³-hybridized carbons (Fsp3) is 0.625. The quantitative estimate of drug-likeness (QED) is 0.667. The van der Waals surface area contributed by atoms with Crippen LogP contribution >= 0.6 is 27.3 Å². The molecule has 0 aliphatic rings. The monoisotopic (exact) mass is 405 g/mol. The number of hydrogen-bond donors (Lipinski definition) is 1. The molecule has 1 rings (SSSR count). The number of esters is 1. The molecule has 23 heavy (non-hydrogen) atoms. The van der Waals surface area contributed by atoms with Gasteiger partial charge in [-0.05, 0) is 47.7 Å². The normalized spacial score (nSPS) is 12.3.